The number of aromatic nitrogens is 1. The van der Waals surface area contributed by atoms with Crippen molar-refractivity contribution < 1.29 is 27.5 Å². The van der Waals surface area contributed by atoms with Gasteiger partial charge in [0.25, 0.3) is 0 Å². The molecule has 1 aromatic heterocycles. The topological polar surface area (TPSA) is 105 Å². The molecule has 33 heavy (non-hydrogen) atoms. The predicted molar refractivity (Wildman–Crippen MR) is 117 cm³/mol. The SMILES string of the molecule is CC1(CO)CC(/C(N)=C/C(=Nc2ccc(NCc3c(F)cccc3Cl)cn2)C(F)(F)F)=NO1. The summed E-state index contributed by atoms with van der Waals surface area (Å²) in [6, 6.07) is 7.00. The number of alkyl halides is 3. The summed E-state index contributed by atoms with van der Waals surface area (Å²) in [6.07, 6.45) is -2.87. The van der Waals surface area contributed by atoms with Crippen LogP contribution in [0.1, 0.15) is 18.9 Å². The molecule has 3 rings (SSSR count). The Kier molecular flexibility index (Phi) is 7.23. The van der Waals surface area contributed by atoms with Crippen molar-refractivity contribution in [2.24, 2.45) is 15.9 Å². The highest BCUT2D eigenvalue weighted by Gasteiger charge is 2.37. The number of nitrogens with zero attached hydrogens (tertiary/aromatic N) is 3. The van der Waals surface area contributed by atoms with Crippen LogP contribution in [0.25, 0.3) is 0 Å². The number of oxime groups is 1. The average molecular weight is 486 g/mol. The maximum absolute atomic E-state index is 13.8. The van der Waals surface area contributed by atoms with Gasteiger partial charge in [0.05, 0.1) is 24.2 Å². The third-order valence-electron chi connectivity index (χ3n) is 4.68. The zero-order chi connectivity index (χ0) is 24.2. The van der Waals surface area contributed by atoms with Crippen LogP contribution in [0, 0.1) is 5.82 Å². The smallest absolute Gasteiger partial charge is 0.397 e. The quantitative estimate of drug-likeness (QED) is 0.396. The molecule has 0 spiro atoms. The van der Waals surface area contributed by atoms with E-state index in [1.54, 1.807) is 13.0 Å². The van der Waals surface area contributed by atoms with Gasteiger partial charge in [-0.1, -0.05) is 22.8 Å². The first-order chi connectivity index (χ1) is 15.5. The molecule has 0 saturated carbocycles. The number of rotatable bonds is 7. The Morgan fingerprint density at radius 2 is 2.12 bits per heavy atom. The minimum absolute atomic E-state index is 0.0433. The van der Waals surface area contributed by atoms with Crippen LogP contribution in [0.2, 0.25) is 5.02 Å². The van der Waals surface area contributed by atoms with Gasteiger partial charge in [0.1, 0.15) is 17.2 Å². The summed E-state index contributed by atoms with van der Waals surface area (Å²) >= 11 is 5.97. The maximum Gasteiger partial charge on any atom is 0.433 e. The molecule has 1 atom stereocenters. The van der Waals surface area contributed by atoms with Crippen LogP contribution in [0.5, 0.6) is 0 Å². The molecule has 0 bridgehead atoms. The molecule has 0 radical (unpaired) electrons. The van der Waals surface area contributed by atoms with E-state index < -0.39 is 23.3 Å². The number of benzene rings is 1. The number of halogens is 5. The fourth-order valence-electron chi connectivity index (χ4n) is 2.80. The molecule has 176 valence electrons. The maximum atomic E-state index is 13.8. The lowest BCUT2D eigenvalue weighted by molar-refractivity contribution is -0.0576. The van der Waals surface area contributed by atoms with Crippen LogP contribution in [-0.4, -0.2) is 39.9 Å². The van der Waals surface area contributed by atoms with E-state index >= 15 is 0 Å². The first-order valence-corrected chi connectivity index (χ1v) is 10.0. The molecule has 0 saturated heterocycles. The molecule has 12 heteroatoms. The number of aliphatic hydroxyl groups excluding tert-OH is 1. The summed E-state index contributed by atoms with van der Waals surface area (Å²) in [6.45, 7) is 1.23. The lowest BCUT2D eigenvalue weighted by atomic mass is 9.99. The van der Waals surface area contributed by atoms with Gasteiger partial charge in [-0.3, -0.25) is 0 Å². The summed E-state index contributed by atoms with van der Waals surface area (Å²) in [4.78, 5) is 12.5. The third-order valence-corrected chi connectivity index (χ3v) is 5.04. The van der Waals surface area contributed by atoms with E-state index in [0.717, 1.165) is 0 Å². The van der Waals surface area contributed by atoms with Gasteiger partial charge in [0.2, 0.25) is 0 Å². The number of aliphatic hydroxyl groups is 1. The molecule has 4 N–H and O–H groups in total. The molecule has 1 aliphatic rings. The van der Waals surface area contributed by atoms with Gasteiger partial charge >= 0.3 is 6.18 Å². The van der Waals surface area contributed by atoms with E-state index in [0.29, 0.717) is 11.8 Å². The Hall–Kier alpha value is -3.18. The van der Waals surface area contributed by atoms with Crippen LogP contribution in [0.15, 0.2) is 58.4 Å². The first kappa shape index (κ1) is 24.5. The van der Waals surface area contributed by atoms with Crippen molar-refractivity contribution in [2.75, 3.05) is 11.9 Å². The number of nitrogens with one attached hydrogen (secondary N) is 1. The Labute approximate surface area is 191 Å². The minimum atomic E-state index is -4.81. The zero-order valence-corrected chi connectivity index (χ0v) is 18.1. The Balaban J connectivity index is 1.76. The second-order valence-corrected chi connectivity index (χ2v) is 7.87. The fraction of sp³-hybridized carbons (Fsp3) is 0.286. The molecular formula is C21H20ClF4N5O2. The molecule has 1 aliphatic heterocycles. The molecule has 0 fully saturated rings. The summed E-state index contributed by atoms with van der Waals surface area (Å²) in [5.41, 5.74) is 3.90. The number of anilines is 1. The van der Waals surface area contributed by atoms with Crippen molar-refractivity contribution in [3.63, 3.8) is 0 Å². The monoisotopic (exact) mass is 485 g/mol. The van der Waals surface area contributed by atoms with E-state index in [1.165, 1.54) is 30.5 Å². The van der Waals surface area contributed by atoms with Crippen molar-refractivity contribution in [1.82, 2.24) is 4.98 Å². The van der Waals surface area contributed by atoms with Gasteiger partial charge in [-0.2, -0.15) is 13.2 Å². The summed E-state index contributed by atoms with van der Waals surface area (Å²) in [5, 5.41) is 16.1. The van der Waals surface area contributed by atoms with Gasteiger partial charge in [0, 0.05) is 23.6 Å². The molecule has 2 aromatic rings. The van der Waals surface area contributed by atoms with E-state index in [2.05, 4.69) is 20.4 Å². The third kappa shape index (κ3) is 6.20. The van der Waals surface area contributed by atoms with Gasteiger partial charge in [-0.25, -0.2) is 14.4 Å². The molecule has 7 nitrogen and oxygen atoms in total. The van der Waals surface area contributed by atoms with E-state index in [4.69, 9.17) is 22.2 Å². The Morgan fingerprint density at radius 3 is 2.70 bits per heavy atom. The van der Waals surface area contributed by atoms with Crippen molar-refractivity contribution in [3.05, 3.63) is 64.7 Å². The van der Waals surface area contributed by atoms with Crippen LogP contribution in [-0.2, 0) is 11.4 Å². The minimum Gasteiger partial charge on any atom is -0.397 e. The van der Waals surface area contributed by atoms with Crippen LogP contribution < -0.4 is 11.1 Å². The van der Waals surface area contributed by atoms with Crippen LogP contribution in [0.3, 0.4) is 0 Å². The number of nitrogens with two attached hydrogens (primary N) is 1. The highest BCUT2D eigenvalue weighted by Crippen LogP contribution is 2.27. The fourth-order valence-corrected chi connectivity index (χ4v) is 3.03. The van der Waals surface area contributed by atoms with Crippen molar-refractivity contribution in [3.8, 4) is 0 Å². The Morgan fingerprint density at radius 1 is 1.36 bits per heavy atom. The summed E-state index contributed by atoms with van der Waals surface area (Å²) in [7, 11) is 0. The molecule has 1 aromatic carbocycles. The van der Waals surface area contributed by atoms with Crippen LogP contribution in [0.4, 0.5) is 29.1 Å². The molecule has 0 amide bonds. The summed E-state index contributed by atoms with van der Waals surface area (Å²) < 4.78 is 54.4. The van der Waals surface area contributed by atoms with Gasteiger partial charge in [-0.05, 0) is 37.3 Å². The highest BCUT2D eigenvalue weighted by molar-refractivity contribution is 6.31. The lowest BCUT2D eigenvalue weighted by Gasteiger charge is -2.17. The first-order valence-electron chi connectivity index (χ1n) is 9.63. The van der Waals surface area contributed by atoms with Crippen LogP contribution >= 0.6 is 11.6 Å². The zero-order valence-electron chi connectivity index (χ0n) is 17.3. The normalized spacial score (nSPS) is 19.3. The number of allylic oxidation sites excluding steroid dienone is 2. The predicted octanol–water partition coefficient (Wildman–Crippen LogP) is 4.49. The Bertz CT molecular complexity index is 1080. The largest absolute Gasteiger partial charge is 0.433 e. The molecule has 1 unspecified atom stereocenters. The highest BCUT2D eigenvalue weighted by atomic mass is 35.5. The number of hydrogen-bond donors (Lipinski definition) is 3. The van der Waals surface area contributed by atoms with Gasteiger partial charge in [0.15, 0.2) is 11.4 Å². The van der Waals surface area contributed by atoms with Gasteiger partial charge in [-0.15, -0.1) is 0 Å². The molecule has 2 heterocycles. The second-order valence-electron chi connectivity index (χ2n) is 7.47. The van der Waals surface area contributed by atoms with Crippen molar-refractivity contribution in [2.45, 2.75) is 31.7 Å². The number of hydrogen-bond acceptors (Lipinski definition) is 7. The van der Waals surface area contributed by atoms with E-state index in [-0.39, 0.29) is 47.4 Å². The molecular weight excluding hydrogens is 466 g/mol. The van der Waals surface area contributed by atoms with E-state index in [1.807, 2.05) is 0 Å². The standard InChI is InChI=1S/C21H20ClF4N5O2/c1-20(11-32)8-17(31-33-20)16(27)7-18(21(24,25)26)30-19-6-5-12(9-29-19)28-10-13-14(22)3-2-4-15(13)23/h2-7,9,28,32H,8,10-11,27H2,1H3/b16-7-,30-18?. The van der Waals surface area contributed by atoms with Crippen molar-refractivity contribution in [1.29, 1.82) is 0 Å². The summed E-state index contributed by atoms with van der Waals surface area (Å²) in [5.74, 6) is -0.703. The number of aliphatic imine (C=N–C) groups is 1. The lowest BCUT2D eigenvalue weighted by Crippen LogP contribution is -2.30. The number of pyridine rings is 1. The van der Waals surface area contributed by atoms with Crippen molar-refractivity contribution >= 4 is 34.5 Å². The van der Waals surface area contributed by atoms with Gasteiger partial charge < -0.3 is 21.0 Å². The average Bonchev–Trinajstić information content (AvgIpc) is 3.16. The second kappa shape index (κ2) is 9.75. The van der Waals surface area contributed by atoms with E-state index in [9.17, 15) is 22.7 Å². The molecule has 0 aliphatic carbocycles.